The molecule has 106 valence electrons. The average molecular weight is 281 g/mol. The van der Waals surface area contributed by atoms with E-state index in [2.05, 4.69) is 0 Å². The molecule has 3 N–H and O–H groups in total. The fourth-order valence-electron chi connectivity index (χ4n) is 1.66. The molecular weight excluding hydrogens is 268 g/mol. The van der Waals surface area contributed by atoms with Crippen LogP contribution in [0.3, 0.4) is 0 Å². The van der Waals surface area contributed by atoms with E-state index in [1.807, 2.05) is 0 Å². The van der Waals surface area contributed by atoms with Crippen LogP contribution in [0.25, 0.3) is 0 Å². The molecule has 2 aromatic carbocycles. The number of hydrogen-bond acceptors (Lipinski definition) is 4. The zero-order chi connectivity index (χ0) is 14.7. The Kier molecular flexibility index (Phi) is 4.05. The maximum atomic E-state index is 13.3. The van der Waals surface area contributed by atoms with Gasteiger partial charge in [-0.25, -0.2) is 8.78 Å². The highest BCUT2D eigenvalue weighted by Gasteiger charge is 2.13. The SMILES string of the molecule is COc1cc(CO)ccc1Oc1cc(F)cc(F)c1N. The number of nitrogens with two attached hydrogens (primary N) is 1. The van der Waals surface area contributed by atoms with Crippen molar-refractivity contribution in [1.29, 1.82) is 0 Å². The Bertz CT molecular complexity index is 632. The average Bonchev–Trinajstić information content (AvgIpc) is 2.44. The Labute approximate surface area is 114 Å². The van der Waals surface area contributed by atoms with Crippen molar-refractivity contribution in [3.63, 3.8) is 0 Å². The third kappa shape index (κ3) is 2.80. The third-order valence-corrected chi connectivity index (χ3v) is 2.69. The van der Waals surface area contributed by atoms with Crippen molar-refractivity contribution < 1.29 is 23.4 Å². The molecule has 0 saturated heterocycles. The van der Waals surface area contributed by atoms with E-state index in [-0.39, 0.29) is 23.8 Å². The van der Waals surface area contributed by atoms with Crippen LogP contribution in [0.1, 0.15) is 5.56 Å². The number of ether oxygens (including phenoxy) is 2. The van der Waals surface area contributed by atoms with E-state index in [0.717, 1.165) is 6.07 Å². The van der Waals surface area contributed by atoms with Crippen LogP contribution in [0.4, 0.5) is 14.5 Å². The summed E-state index contributed by atoms with van der Waals surface area (Å²) in [6, 6.07) is 6.34. The van der Waals surface area contributed by atoms with Crippen LogP contribution in [-0.2, 0) is 6.61 Å². The number of aliphatic hydroxyl groups is 1. The Morgan fingerprint density at radius 2 is 1.85 bits per heavy atom. The van der Waals surface area contributed by atoms with Gasteiger partial charge in [-0.05, 0) is 17.7 Å². The van der Waals surface area contributed by atoms with Crippen molar-refractivity contribution >= 4 is 5.69 Å². The van der Waals surface area contributed by atoms with Crippen LogP contribution in [0, 0.1) is 11.6 Å². The maximum Gasteiger partial charge on any atom is 0.169 e. The summed E-state index contributed by atoms with van der Waals surface area (Å²) in [6.07, 6.45) is 0. The molecule has 2 rings (SSSR count). The lowest BCUT2D eigenvalue weighted by molar-refractivity contribution is 0.280. The number of benzene rings is 2. The van der Waals surface area contributed by atoms with Gasteiger partial charge in [0, 0.05) is 12.1 Å². The summed E-state index contributed by atoms with van der Waals surface area (Å²) in [6.45, 7) is -0.159. The largest absolute Gasteiger partial charge is 0.493 e. The van der Waals surface area contributed by atoms with Gasteiger partial charge >= 0.3 is 0 Å². The molecule has 0 aliphatic carbocycles. The highest BCUT2D eigenvalue weighted by atomic mass is 19.1. The van der Waals surface area contributed by atoms with Crippen LogP contribution >= 0.6 is 0 Å². The first-order chi connectivity index (χ1) is 9.55. The number of rotatable bonds is 4. The number of aliphatic hydroxyl groups excluding tert-OH is 1. The number of halogens is 2. The molecule has 20 heavy (non-hydrogen) atoms. The number of anilines is 1. The molecule has 0 heterocycles. The molecule has 4 nitrogen and oxygen atoms in total. The molecule has 0 aliphatic rings. The summed E-state index contributed by atoms with van der Waals surface area (Å²) < 4.78 is 37.0. The standard InChI is InChI=1S/C14H13F2NO3/c1-19-12-4-8(7-18)2-3-11(12)20-13-6-9(15)5-10(16)14(13)17/h2-6,18H,7,17H2,1H3. The van der Waals surface area contributed by atoms with Gasteiger partial charge in [0.25, 0.3) is 0 Å². The number of methoxy groups -OCH3 is 1. The van der Waals surface area contributed by atoms with Crippen LogP contribution in [0.5, 0.6) is 17.2 Å². The van der Waals surface area contributed by atoms with Gasteiger partial charge in [0.15, 0.2) is 23.1 Å². The lowest BCUT2D eigenvalue weighted by Crippen LogP contribution is -1.98. The Morgan fingerprint density at radius 1 is 1.10 bits per heavy atom. The Morgan fingerprint density at radius 3 is 2.50 bits per heavy atom. The molecule has 0 fully saturated rings. The fourth-order valence-corrected chi connectivity index (χ4v) is 1.66. The van der Waals surface area contributed by atoms with Crippen LogP contribution in [-0.4, -0.2) is 12.2 Å². The van der Waals surface area contributed by atoms with Gasteiger partial charge in [-0.1, -0.05) is 6.07 Å². The molecular formula is C14H13F2NO3. The normalized spacial score (nSPS) is 10.4. The van der Waals surface area contributed by atoms with Crippen molar-refractivity contribution in [3.8, 4) is 17.2 Å². The van der Waals surface area contributed by atoms with E-state index in [1.54, 1.807) is 12.1 Å². The zero-order valence-electron chi connectivity index (χ0n) is 10.7. The minimum Gasteiger partial charge on any atom is -0.493 e. The minimum atomic E-state index is -0.897. The zero-order valence-corrected chi connectivity index (χ0v) is 10.7. The molecule has 0 radical (unpaired) electrons. The summed E-state index contributed by atoms with van der Waals surface area (Å²) in [4.78, 5) is 0. The summed E-state index contributed by atoms with van der Waals surface area (Å²) >= 11 is 0. The van der Waals surface area contributed by atoms with Crippen LogP contribution < -0.4 is 15.2 Å². The molecule has 0 aromatic heterocycles. The second kappa shape index (κ2) is 5.75. The van der Waals surface area contributed by atoms with Crippen molar-refractivity contribution in [2.75, 3.05) is 12.8 Å². The summed E-state index contributed by atoms with van der Waals surface area (Å²) in [7, 11) is 1.42. The molecule has 0 saturated carbocycles. The molecule has 0 atom stereocenters. The second-order valence-electron chi connectivity index (χ2n) is 4.04. The van der Waals surface area contributed by atoms with Crippen LogP contribution in [0.15, 0.2) is 30.3 Å². The van der Waals surface area contributed by atoms with E-state index in [4.69, 9.17) is 20.3 Å². The Hall–Kier alpha value is -2.34. The van der Waals surface area contributed by atoms with Gasteiger partial charge in [-0.15, -0.1) is 0 Å². The van der Waals surface area contributed by atoms with E-state index in [9.17, 15) is 8.78 Å². The number of hydrogen-bond donors (Lipinski definition) is 2. The predicted molar refractivity (Wildman–Crippen MR) is 69.8 cm³/mol. The lowest BCUT2D eigenvalue weighted by atomic mass is 10.2. The lowest BCUT2D eigenvalue weighted by Gasteiger charge is -2.13. The smallest absolute Gasteiger partial charge is 0.169 e. The molecule has 0 bridgehead atoms. The molecule has 0 spiro atoms. The number of nitrogen functional groups attached to an aromatic ring is 1. The van der Waals surface area contributed by atoms with E-state index >= 15 is 0 Å². The van der Waals surface area contributed by atoms with Gasteiger partial charge in [-0.3, -0.25) is 0 Å². The topological polar surface area (TPSA) is 64.7 Å². The van der Waals surface area contributed by atoms with Crippen molar-refractivity contribution in [2.45, 2.75) is 6.61 Å². The monoisotopic (exact) mass is 281 g/mol. The third-order valence-electron chi connectivity index (χ3n) is 2.69. The summed E-state index contributed by atoms with van der Waals surface area (Å²) in [5.41, 5.74) is 5.83. The molecule has 0 unspecified atom stereocenters. The first kappa shape index (κ1) is 14.1. The molecule has 6 heteroatoms. The van der Waals surface area contributed by atoms with E-state index < -0.39 is 11.6 Å². The molecule has 2 aromatic rings. The maximum absolute atomic E-state index is 13.3. The summed E-state index contributed by atoms with van der Waals surface area (Å²) in [5, 5.41) is 9.04. The molecule has 0 amide bonds. The van der Waals surface area contributed by atoms with Gasteiger partial charge in [0.05, 0.1) is 13.7 Å². The van der Waals surface area contributed by atoms with Gasteiger partial charge < -0.3 is 20.3 Å². The highest BCUT2D eigenvalue weighted by molar-refractivity contribution is 5.56. The van der Waals surface area contributed by atoms with Crippen molar-refractivity contribution in [3.05, 3.63) is 47.5 Å². The van der Waals surface area contributed by atoms with Crippen molar-refractivity contribution in [2.24, 2.45) is 0 Å². The Balaban J connectivity index is 2.39. The fraction of sp³-hybridized carbons (Fsp3) is 0.143. The van der Waals surface area contributed by atoms with Gasteiger partial charge in [0.1, 0.15) is 11.5 Å². The van der Waals surface area contributed by atoms with E-state index in [0.29, 0.717) is 17.4 Å². The minimum absolute atomic E-state index is 0.141. The van der Waals surface area contributed by atoms with Gasteiger partial charge in [-0.2, -0.15) is 0 Å². The summed E-state index contributed by atoms with van der Waals surface area (Å²) in [5.74, 6) is -1.27. The first-order valence-corrected chi connectivity index (χ1v) is 5.75. The quantitative estimate of drug-likeness (QED) is 0.846. The van der Waals surface area contributed by atoms with Crippen molar-refractivity contribution in [1.82, 2.24) is 0 Å². The highest BCUT2D eigenvalue weighted by Crippen LogP contribution is 2.36. The predicted octanol–water partition coefficient (Wildman–Crippen LogP) is 2.84. The first-order valence-electron chi connectivity index (χ1n) is 5.75. The van der Waals surface area contributed by atoms with Crippen LogP contribution in [0.2, 0.25) is 0 Å². The second-order valence-corrected chi connectivity index (χ2v) is 4.04. The van der Waals surface area contributed by atoms with Gasteiger partial charge in [0.2, 0.25) is 0 Å². The molecule has 0 aliphatic heterocycles. The van der Waals surface area contributed by atoms with E-state index in [1.165, 1.54) is 13.2 Å².